The molecule has 5 nitrogen and oxygen atoms in total. The summed E-state index contributed by atoms with van der Waals surface area (Å²) in [6.45, 7) is 3.68. The molecule has 0 amide bonds. The van der Waals surface area contributed by atoms with Gasteiger partial charge < -0.3 is 10.1 Å². The van der Waals surface area contributed by atoms with Gasteiger partial charge in [-0.25, -0.2) is 4.98 Å². The zero-order valence-electron chi connectivity index (χ0n) is 6.85. The largest absolute Gasteiger partial charge is 0.358 e. The molecule has 0 unspecified atom stereocenters. The van der Waals surface area contributed by atoms with Gasteiger partial charge in [-0.05, 0) is 4.92 Å². The van der Waals surface area contributed by atoms with Crippen LogP contribution in [0.1, 0.15) is 12.7 Å². The number of rotatable bonds is 3. The van der Waals surface area contributed by atoms with Gasteiger partial charge in [0.05, 0.1) is 11.9 Å². The van der Waals surface area contributed by atoms with Crippen molar-refractivity contribution in [2.45, 2.75) is 13.8 Å². The summed E-state index contributed by atoms with van der Waals surface area (Å²) < 4.78 is 1.53. The number of aromatic nitrogens is 2. The molecule has 0 aromatic carbocycles. The summed E-state index contributed by atoms with van der Waals surface area (Å²) >= 11 is 1.38. The van der Waals surface area contributed by atoms with Crippen molar-refractivity contribution < 1.29 is 4.92 Å². The summed E-state index contributed by atoms with van der Waals surface area (Å²) in [6.07, 6.45) is 1.28. The summed E-state index contributed by atoms with van der Waals surface area (Å²) in [5.41, 5.74) is 0. The molecule has 1 aromatic heterocycles. The Morgan fingerprint density at radius 1 is 1.83 bits per heavy atom. The normalized spacial score (nSPS) is 10.2. The number of nitrogens with zero attached hydrogens (tertiary/aromatic N) is 3. The standard InChI is InChI=1S/C6H9N3O2S/c1-3-12-8-5(2)7-4-6(8)9(10)11/h4H,3H2,1-2H3. The van der Waals surface area contributed by atoms with Gasteiger partial charge >= 0.3 is 5.82 Å². The van der Waals surface area contributed by atoms with E-state index in [0.29, 0.717) is 5.82 Å². The van der Waals surface area contributed by atoms with Gasteiger partial charge in [-0.1, -0.05) is 6.92 Å². The van der Waals surface area contributed by atoms with E-state index in [1.165, 1.54) is 22.1 Å². The topological polar surface area (TPSA) is 61.0 Å². The predicted octanol–water partition coefficient (Wildman–Crippen LogP) is 1.62. The van der Waals surface area contributed by atoms with E-state index in [2.05, 4.69) is 4.98 Å². The second kappa shape index (κ2) is 3.57. The average molecular weight is 187 g/mol. The highest BCUT2D eigenvalue weighted by molar-refractivity contribution is 7.97. The number of hydrogen-bond acceptors (Lipinski definition) is 4. The molecule has 0 atom stereocenters. The van der Waals surface area contributed by atoms with Crippen LogP contribution in [-0.4, -0.2) is 19.6 Å². The van der Waals surface area contributed by atoms with Crippen LogP contribution >= 0.6 is 11.9 Å². The molecule has 12 heavy (non-hydrogen) atoms. The minimum Gasteiger partial charge on any atom is -0.358 e. The first kappa shape index (κ1) is 9.05. The second-order valence-corrected chi connectivity index (χ2v) is 3.33. The lowest BCUT2D eigenvalue weighted by Gasteiger charge is -1.96. The Kier molecular flexibility index (Phi) is 2.69. The maximum absolute atomic E-state index is 10.4. The highest BCUT2D eigenvalue weighted by Gasteiger charge is 2.16. The van der Waals surface area contributed by atoms with E-state index in [9.17, 15) is 10.1 Å². The smallest absolute Gasteiger partial charge is 0.354 e. The summed E-state index contributed by atoms with van der Waals surface area (Å²) in [5.74, 6) is 1.49. The van der Waals surface area contributed by atoms with E-state index >= 15 is 0 Å². The van der Waals surface area contributed by atoms with Crippen LogP contribution in [0.15, 0.2) is 6.20 Å². The molecule has 1 rings (SSSR count). The second-order valence-electron chi connectivity index (χ2n) is 2.13. The molecule has 0 radical (unpaired) electrons. The van der Waals surface area contributed by atoms with Crippen LogP contribution in [0.2, 0.25) is 0 Å². The van der Waals surface area contributed by atoms with E-state index in [4.69, 9.17) is 0 Å². The van der Waals surface area contributed by atoms with Crippen molar-refractivity contribution in [3.05, 3.63) is 22.1 Å². The summed E-state index contributed by atoms with van der Waals surface area (Å²) in [5, 5.41) is 10.4. The molecule has 0 saturated carbocycles. The van der Waals surface area contributed by atoms with Gasteiger partial charge in [-0.3, -0.25) is 0 Å². The molecule has 0 fully saturated rings. The third-order valence-corrected chi connectivity index (χ3v) is 2.28. The minimum atomic E-state index is -0.428. The van der Waals surface area contributed by atoms with E-state index < -0.39 is 4.92 Å². The predicted molar refractivity (Wildman–Crippen MR) is 47.1 cm³/mol. The minimum absolute atomic E-state index is 0.0411. The van der Waals surface area contributed by atoms with Gasteiger partial charge in [-0.15, -0.1) is 3.97 Å². The van der Waals surface area contributed by atoms with Crippen molar-refractivity contribution in [1.29, 1.82) is 0 Å². The Bertz CT molecular complexity index is 297. The first-order valence-electron chi connectivity index (χ1n) is 3.48. The van der Waals surface area contributed by atoms with Crippen molar-refractivity contribution in [3.8, 4) is 0 Å². The third-order valence-electron chi connectivity index (χ3n) is 1.31. The quantitative estimate of drug-likeness (QED) is 0.532. The number of nitro groups is 1. The van der Waals surface area contributed by atoms with E-state index in [1.807, 2.05) is 6.92 Å². The molecule has 0 N–H and O–H groups in total. The molecule has 0 bridgehead atoms. The lowest BCUT2D eigenvalue weighted by Crippen LogP contribution is -1.97. The van der Waals surface area contributed by atoms with Crippen LogP contribution < -0.4 is 0 Å². The lowest BCUT2D eigenvalue weighted by molar-refractivity contribution is -0.390. The van der Waals surface area contributed by atoms with E-state index in [0.717, 1.165) is 5.75 Å². The van der Waals surface area contributed by atoms with Crippen molar-refractivity contribution >= 4 is 17.8 Å². The number of imidazole rings is 1. The first-order chi connectivity index (χ1) is 5.66. The molecule has 0 saturated heterocycles. The van der Waals surface area contributed by atoms with Gasteiger partial charge in [0.25, 0.3) is 0 Å². The molecular weight excluding hydrogens is 178 g/mol. The highest BCUT2D eigenvalue weighted by Crippen LogP contribution is 2.20. The molecule has 1 heterocycles. The van der Waals surface area contributed by atoms with E-state index in [-0.39, 0.29) is 5.82 Å². The van der Waals surface area contributed by atoms with Gasteiger partial charge in [-0.2, -0.15) is 0 Å². The van der Waals surface area contributed by atoms with Crippen molar-refractivity contribution in [3.63, 3.8) is 0 Å². The van der Waals surface area contributed by atoms with Crippen molar-refractivity contribution in [2.24, 2.45) is 0 Å². The Labute approximate surface area is 74.1 Å². The Balaban J connectivity index is 3.03. The van der Waals surface area contributed by atoms with Crippen LogP contribution in [0.25, 0.3) is 0 Å². The van der Waals surface area contributed by atoms with E-state index in [1.54, 1.807) is 6.92 Å². The molecule has 0 spiro atoms. The molecule has 0 aliphatic heterocycles. The first-order valence-corrected chi connectivity index (χ1v) is 4.43. The Hall–Kier alpha value is -1.04. The highest BCUT2D eigenvalue weighted by atomic mass is 32.2. The zero-order chi connectivity index (χ0) is 9.14. The van der Waals surface area contributed by atoms with Crippen LogP contribution in [0, 0.1) is 17.0 Å². The molecule has 66 valence electrons. The van der Waals surface area contributed by atoms with Crippen LogP contribution in [-0.2, 0) is 0 Å². The fourth-order valence-corrected chi connectivity index (χ4v) is 1.57. The molecule has 6 heteroatoms. The zero-order valence-corrected chi connectivity index (χ0v) is 7.67. The van der Waals surface area contributed by atoms with Gasteiger partial charge in [0.15, 0.2) is 0 Å². The van der Waals surface area contributed by atoms with Crippen LogP contribution in [0.3, 0.4) is 0 Å². The van der Waals surface area contributed by atoms with Crippen LogP contribution in [0.5, 0.6) is 0 Å². The number of aryl methyl sites for hydroxylation is 1. The monoisotopic (exact) mass is 187 g/mol. The maximum Gasteiger partial charge on any atom is 0.354 e. The molecular formula is C6H9N3O2S. The lowest BCUT2D eigenvalue weighted by atomic mass is 10.7. The molecule has 0 aliphatic carbocycles. The Morgan fingerprint density at radius 2 is 2.50 bits per heavy atom. The SMILES string of the molecule is CCSn1c([N+](=O)[O-])cnc1C. The average Bonchev–Trinajstić information content (AvgIpc) is 2.34. The summed E-state index contributed by atoms with van der Waals surface area (Å²) in [4.78, 5) is 13.9. The van der Waals surface area contributed by atoms with Gasteiger partial charge in [0.1, 0.15) is 6.20 Å². The molecule has 1 aromatic rings. The van der Waals surface area contributed by atoms with Crippen molar-refractivity contribution in [1.82, 2.24) is 8.96 Å². The summed E-state index contributed by atoms with van der Waals surface area (Å²) in [7, 11) is 0. The fraction of sp³-hybridized carbons (Fsp3) is 0.500. The van der Waals surface area contributed by atoms with Gasteiger partial charge in [0.2, 0.25) is 5.82 Å². The fourth-order valence-electron chi connectivity index (χ4n) is 0.832. The number of hydrogen-bond donors (Lipinski definition) is 0. The Morgan fingerprint density at radius 3 is 3.00 bits per heavy atom. The van der Waals surface area contributed by atoms with Crippen molar-refractivity contribution in [2.75, 3.05) is 5.75 Å². The summed E-state index contributed by atoms with van der Waals surface area (Å²) in [6, 6.07) is 0. The molecule has 0 aliphatic rings. The van der Waals surface area contributed by atoms with Crippen LogP contribution in [0.4, 0.5) is 5.82 Å². The third kappa shape index (κ3) is 1.58. The van der Waals surface area contributed by atoms with Gasteiger partial charge in [0, 0.05) is 12.7 Å². The maximum atomic E-state index is 10.4.